The van der Waals surface area contributed by atoms with Crippen LogP contribution in [0.2, 0.25) is 0 Å². The molecule has 3 heteroatoms. The van der Waals surface area contributed by atoms with Gasteiger partial charge in [0.1, 0.15) is 0 Å². The van der Waals surface area contributed by atoms with E-state index in [2.05, 4.69) is 0 Å². The standard InChI is InChI=1S/C21H20O3/c1-23-21(24-16-17-10-4-2-5-11-17)15-9-8-14-19(21)20(22)18-12-6-3-7-13-18/h2-15,19H,16H2,1H3. The van der Waals surface area contributed by atoms with Gasteiger partial charge in [-0.2, -0.15) is 0 Å². The molecule has 0 bridgehead atoms. The number of rotatable bonds is 6. The zero-order chi connectivity index (χ0) is 16.8. The van der Waals surface area contributed by atoms with E-state index in [1.54, 1.807) is 13.2 Å². The molecule has 2 atom stereocenters. The minimum Gasteiger partial charge on any atom is -0.349 e. The van der Waals surface area contributed by atoms with Gasteiger partial charge >= 0.3 is 0 Å². The van der Waals surface area contributed by atoms with Crippen LogP contribution in [-0.2, 0) is 16.1 Å². The number of allylic oxidation sites excluding steroid dienone is 2. The molecule has 24 heavy (non-hydrogen) atoms. The van der Waals surface area contributed by atoms with E-state index in [1.165, 1.54) is 0 Å². The van der Waals surface area contributed by atoms with Gasteiger partial charge in [-0.05, 0) is 11.6 Å². The lowest BCUT2D eigenvalue weighted by atomic mass is 9.86. The van der Waals surface area contributed by atoms with E-state index in [0.29, 0.717) is 12.2 Å². The molecule has 2 aromatic carbocycles. The quantitative estimate of drug-likeness (QED) is 0.592. The van der Waals surface area contributed by atoms with Gasteiger partial charge in [-0.25, -0.2) is 0 Å². The zero-order valence-corrected chi connectivity index (χ0v) is 13.6. The Balaban J connectivity index is 1.85. The van der Waals surface area contributed by atoms with Crippen molar-refractivity contribution in [2.24, 2.45) is 5.92 Å². The van der Waals surface area contributed by atoms with Crippen LogP contribution in [0.15, 0.2) is 85.0 Å². The molecule has 0 heterocycles. The van der Waals surface area contributed by atoms with Crippen LogP contribution in [0.4, 0.5) is 0 Å². The summed E-state index contributed by atoms with van der Waals surface area (Å²) in [5.74, 6) is -1.65. The number of hydrogen-bond donors (Lipinski definition) is 0. The first kappa shape index (κ1) is 16.4. The number of benzene rings is 2. The molecule has 0 N–H and O–H groups in total. The van der Waals surface area contributed by atoms with Crippen LogP contribution in [0, 0.1) is 5.92 Å². The summed E-state index contributed by atoms with van der Waals surface area (Å²) in [5, 5.41) is 0. The molecule has 2 unspecified atom stereocenters. The maximum atomic E-state index is 12.9. The number of ether oxygens (including phenoxy) is 2. The van der Waals surface area contributed by atoms with Crippen molar-refractivity contribution in [3.8, 4) is 0 Å². The first-order valence-electron chi connectivity index (χ1n) is 7.93. The third kappa shape index (κ3) is 3.37. The van der Waals surface area contributed by atoms with Crippen LogP contribution in [0.3, 0.4) is 0 Å². The summed E-state index contributed by atoms with van der Waals surface area (Å²) in [6, 6.07) is 19.1. The number of ketones is 1. The van der Waals surface area contributed by atoms with Crippen LogP contribution in [0.5, 0.6) is 0 Å². The average molecular weight is 320 g/mol. The van der Waals surface area contributed by atoms with Gasteiger partial charge in [-0.1, -0.05) is 78.9 Å². The van der Waals surface area contributed by atoms with Crippen molar-refractivity contribution in [1.29, 1.82) is 0 Å². The average Bonchev–Trinajstić information content (AvgIpc) is 2.67. The Morgan fingerprint density at radius 1 is 1.00 bits per heavy atom. The molecule has 0 radical (unpaired) electrons. The van der Waals surface area contributed by atoms with E-state index in [4.69, 9.17) is 9.47 Å². The third-order valence-corrected chi connectivity index (χ3v) is 4.14. The summed E-state index contributed by atoms with van der Waals surface area (Å²) in [5.41, 5.74) is 1.68. The second-order valence-corrected chi connectivity index (χ2v) is 5.65. The topological polar surface area (TPSA) is 35.5 Å². The van der Waals surface area contributed by atoms with E-state index in [0.717, 1.165) is 5.56 Å². The number of carbonyl (C=O) groups excluding carboxylic acids is 1. The van der Waals surface area contributed by atoms with Gasteiger partial charge in [0.25, 0.3) is 0 Å². The van der Waals surface area contributed by atoms with Gasteiger partial charge < -0.3 is 9.47 Å². The summed E-state index contributed by atoms with van der Waals surface area (Å²) in [4.78, 5) is 12.9. The minimum atomic E-state index is -1.10. The van der Waals surface area contributed by atoms with E-state index in [9.17, 15) is 4.79 Å². The zero-order valence-electron chi connectivity index (χ0n) is 13.6. The second-order valence-electron chi connectivity index (χ2n) is 5.65. The van der Waals surface area contributed by atoms with Gasteiger partial charge in [0, 0.05) is 12.7 Å². The van der Waals surface area contributed by atoms with Crippen molar-refractivity contribution < 1.29 is 14.3 Å². The molecule has 3 nitrogen and oxygen atoms in total. The first-order chi connectivity index (χ1) is 11.7. The fourth-order valence-corrected chi connectivity index (χ4v) is 2.82. The predicted octanol–water partition coefficient (Wildman–Crippen LogP) is 4.17. The van der Waals surface area contributed by atoms with E-state index < -0.39 is 11.7 Å². The van der Waals surface area contributed by atoms with Crippen molar-refractivity contribution in [3.05, 3.63) is 96.1 Å². The van der Waals surface area contributed by atoms with Gasteiger partial charge in [0.15, 0.2) is 5.78 Å². The van der Waals surface area contributed by atoms with Gasteiger partial charge in [0.05, 0.1) is 12.5 Å². The highest BCUT2D eigenvalue weighted by molar-refractivity contribution is 6.00. The largest absolute Gasteiger partial charge is 0.349 e. The molecule has 0 amide bonds. The number of carbonyl (C=O) groups is 1. The smallest absolute Gasteiger partial charge is 0.202 e. The summed E-state index contributed by atoms with van der Waals surface area (Å²) < 4.78 is 11.8. The number of hydrogen-bond acceptors (Lipinski definition) is 3. The molecule has 0 aliphatic heterocycles. The van der Waals surface area contributed by atoms with Crippen LogP contribution >= 0.6 is 0 Å². The van der Waals surface area contributed by atoms with Crippen molar-refractivity contribution in [2.45, 2.75) is 12.4 Å². The van der Waals surface area contributed by atoms with Crippen LogP contribution in [0.1, 0.15) is 15.9 Å². The fraction of sp³-hybridized carbons (Fsp3) is 0.190. The number of methoxy groups -OCH3 is 1. The molecule has 0 spiro atoms. The highest BCUT2D eigenvalue weighted by Gasteiger charge is 2.42. The summed E-state index contributed by atoms with van der Waals surface area (Å²) in [6.45, 7) is 0.366. The Kier molecular flexibility index (Phi) is 5.04. The van der Waals surface area contributed by atoms with Crippen molar-refractivity contribution in [2.75, 3.05) is 7.11 Å². The summed E-state index contributed by atoms with van der Waals surface area (Å²) >= 11 is 0. The first-order valence-corrected chi connectivity index (χ1v) is 7.93. The molecule has 2 aromatic rings. The summed E-state index contributed by atoms with van der Waals surface area (Å²) in [6.07, 6.45) is 7.35. The van der Waals surface area contributed by atoms with Crippen molar-refractivity contribution in [1.82, 2.24) is 0 Å². The molecule has 122 valence electrons. The Hall–Kier alpha value is -2.49. The Bertz CT molecular complexity index is 734. The molecule has 0 fully saturated rings. The fourth-order valence-electron chi connectivity index (χ4n) is 2.82. The molecule has 0 saturated carbocycles. The van der Waals surface area contributed by atoms with Gasteiger partial charge in [-0.3, -0.25) is 4.79 Å². The molecular formula is C21H20O3. The highest BCUT2D eigenvalue weighted by Crippen LogP contribution is 2.33. The molecular weight excluding hydrogens is 300 g/mol. The Labute approximate surface area is 142 Å². The van der Waals surface area contributed by atoms with Crippen molar-refractivity contribution in [3.63, 3.8) is 0 Å². The van der Waals surface area contributed by atoms with Crippen LogP contribution in [-0.4, -0.2) is 18.7 Å². The SMILES string of the molecule is COC1(OCc2ccccc2)C=CC=CC1C(=O)c1ccccc1. The Morgan fingerprint density at radius 2 is 1.67 bits per heavy atom. The second kappa shape index (κ2) is 7.39. The Morgan fingerprint density at radius 3 is 2.33 bits per heavy atom. The maximum absolute atomic E-state index is 12.9. The van der Waals surface area contributed by atoms with E-state index in [1.807, 2.05) is 78.9 Å². The predicted molar refractivity (Wildman–Crippen MR) is 93.5 cm³/mol. The molecule has 0 saturated heterocycles. The lowest BCUT2D eigenvalue weighted by Gasteiger charge is -2.36. The monoisotopic (exact) mass is 320 g/mol. The molecule has 1 aliphatic carbocycles. The molecule has 1 aliphatic rings. The van der Waals surface area contributed by atoms with Gasteiger partial charge in [-0.15, -0.1) is 0 Å². The van der Waals surface area contributed by atoms with Gasteiger partial charge in [0.2, 0.25) is 5.79 Å². The van der Waals surface area contributed by atoms with Crippen LogP contribution < -0.4 is 0 Å². The minimum absolute atomic E-state index is 0.0221. The summed E-state index contributed by atoms with van der Waals surface area (Å²) in [7, 11) is 1.57. The van der Waals surface area contributed by atoms with Crippen LogP contribution in [0.25, 0.3) is 0 Å². The maximum Gasteiger partial charge on any atom is 0.202 e. The number of Topliss-reactive ketones (excluding diaryl/α,β-unsaturated/α-hetero) is 1. The van der Waals surface area contributed by atoms with E-state index >= 15 is 0 Å². The van der Waals surface area contributed by atoms with E-state index in [-0.39, 0.29) is 5.78 Å². The lowest BCUT2D eigenvalue weighted by Crippen LogP contribution is -2.45. The molecule has 3 rings (SSSR count). The lowest BCUT2D eigenvalue weighted by molar-refractivity contribution is -0.209. The molecule has 0 aromatic heterocycles. The third-order valence-electron chi connectivity index (χ3n) is 4.14. The normalized spacial score (nSPS) is 22.5. The van der Waals surface area contributed by atoms with Crippen molar-refractivity contribution >= 4 is 5.78 Å². The highest BCUT2D eigenvalue weighted by atomic mass is 16.7.